The number of hydrogen-bond donors (Lipinski definition) is 0. The molecule has 0 aliphatic rings. The van der Waals surface area contributed by atoms with Gasteiger partial charge in [0.05, 0.1) is 0 Å². The molecule has 0 N–H and O–H groups in total. The van der Waals surface area contributed by atoms with Crippen LogP contribution in [0.5, 0.6) is 0 Å². The van der Waals surface area contributed by atoms with E-state index in [2.05, 4.69) is 56.7 Å². The van der Waals surface area contributed by atoms with Gasteiger partial charge < -0.3 is 0 Å². The van der Waals surface area contributed by atoms with Crippen LogP contribution in [0.1, 0.15) is 155 Å². The van der Waals surface area contributed by atoms with Crippen LogP contribution < -0.4 is 0 Å². The molecule has 0 aliphatic carbocycles. The fraction of sp³-hybridized carbons (Fsp3) is 0.774. The fourth-order valence-corrected chi connectivity index (χ4v) is 3.87. The molecule has 0 bridgehead atoms. The van der Waals surface area contributed by atoms with E-state index in [0.717, 1.165) is 0 Å². The molecule has 0 spiro atoms. The second kappa shape index (κ2) is 29.2. The SMILES string of the molecule is CCCCC/C=C\CCCCCCCC/C=C/CC[CH]CCCC/C=C/CCCCC. The molecular formula is C31H57. The molecule has 0 aromatic rings. The average Bonchev–Trinajstić information content (AvgIpc) is 2.78. The summed E-state index contributed by atoms with van der Waals surface area (Å²) in [6.45, 7) is 4.55. The van der Waals surface area contributed by atoms with Crippen LogP contribution in [0.2, 0.25) is 0 Å². The number of hydrogen-bond acceptors (Lipinski definition) is 0. The standard InChI is InChI=1S/C31H57/c1-3-5-7-9-11-13-15-17-19-21-23-25-27-29-31-30-28-26-24-22-20-18-16-14-12-10-8-6-4-2/h11-14,23,29,31H,3-10,15-22,24-28,30H2,1-2H3/b13-11+,14-12-,31-29+. The van der Waals surface area contributed by atoms with Gasteiger partial charge in [0.25, 0.3) is 0 Å². The van der Waals surface area contributed by atoms with E-state index in [1.54, 1.807) is 0 Å². The minimum absolute atomic E-state index is 1.24. The Morgan fingerprint density at radius 3 is 1.06 bits per heavy atom. The summed E-state index contributed by atoms with van der Waals surface area (Å²) in [5.74, 6) is 0. The van der Waals surface area contributed by atoms with E-state index in [9.17, 15) is 0 Å². The molecule has 31 heavy (non-hydrogen) atoms. The number of rotatable bonds is 25. The molecule has 0 aliphatic heterocycles. The lowest BCUT2D eigenvalue weighted by molar-refractivity contribution is 0.599. The lowest BCUT2D eigenvalue weighted by atomic mass is 10.1. The van der Waals surface area contributed by atoms with Gasteiger partial charge >= 0.3 is 0 Å². The Morgan fingerprint density at radius 2 is 0.613 bits per heavy atom. The van der Waals surface area contributed by atoms with Crippen molar-refractivity contribution in [2.75, 3.05) is 0 Å². The van der Waals surface area contributed by atoms with Crippen LogP contribution in [-0.4, -0.2) is 0 Å². The van der Waals surface area contributed by atoms with Crippen molar-refractivity contribution in [2.45, 2.75) is 155 Å². The maximum Gasteiger partial charge on any atom is -0.0348 e. The van der Waals surface area contributed by atoms with Gasteiger partial charge in [0.2, 0.25) is 0 Å². The molecule has 0 saturated heterocycles. The van der Waals surface area contributed by atoms with E-state index in [1.807, 2.05) is 0 Å². The van der Waals surface area contributed by atoms with Gasteiger partial charge in [0.15, 0.2) is 0 Å². The summed E-state index contributed by atoms with van der Waals surface area (Å²) in [5.41, 5.74) is 0. The number of unbranched alkanes of at least 4 members (excludes halogenated alkanes) is 19. The highest BCUT2D eigenvalue weighted by Gasteiger charge is 1.92. The van der Waals surface area contributed by atoms with Gasteiger partial charge in [-0.25, -0.2) is 0 Å². The first-order valence-corrected chi connectivity index (χ1v) is 14.2. The normalized spacial score (nSPS) is 12.2. The van der Waals surface area contributed by atoms with Gasteiger partial charge in [-0.15, -0.1) is 0 Å². The summed E-state index contributed by atoms with van der Waals surface area (Å²) in [6.07, 6.45) is 46.5. The van der Waals surface area contributed by atoms with Crippen LogP contribution in [-0.2, 0) is 0 Å². The number of allylic oxidation sites excluding steroid dienone is 6. The molecular weight excluding hydrogens is 372 g/mol. The monoisotopic (exact) mass is 429 g/mol. The van der Waals surface area contributed by atoms with Crippen LogP contribution >= 0.6 is 0 Å². The molecule has 0 fully saturated rings. The van der Waals surface area contributed by atoms with Gasteiger partial charge in [0.1, 0.15) is 0 Å². The third kappa shape index (κ3) is 29.2. The predicted octanol–water partition coefficient (Wildman–Crippen LogP) is 11.5. The Morgan fingerprint density at radius 1 is 0.290 bits per heavy atom. The average molecular weight is 430 g/mol. The van der Waals surface area contributed by atoms with Crippen molar-refractivity contribution in [1.29, 1.82) is 0 Å². The van der Waals surface area contributed by atoms with Crippen LogP contribution in [0.25, 0.3) is 0 Å². The molecule has 1 radical (unpaired) electrons. The van der Waals surface area contributed by atoms with Crippen LogP contribution in [0, 0.1) is 6.42 Å². The Balaban J connectivity index is 3.15. The summed E-state index contributed by atoms with van der Waals surface area (Å²) in [6, 6.07) is 0. The highest BCUT2D eigenvalue weighted by molar-refractivity contribution is 4.84. The fourth-order valence-electron chi connectivity index (χ4n) is 3.87. The maximum atomic E-state index is 2.50. The molecule has 0 heterocycles. The van der Waals surface area contributed by atoms with Crippen molar-refractivity contribution in [3.8, 4) is 0 Å². The first-order chi connectivity index (χ1) is 15.4. The Kier molecular flexibility index (Phi) is 28.5. The molecule has 0 atom stereocenters. The summed E-state index contributed by atoms with van der Waals surface area (Å²) in [7, 11) is 0. The van der Waals surface area contributed by atoms with Gasteiger partial charge in [0, 0.05) is 0 Å². The van der Waals surface area contributed by atoms with Crippen molar-refractivity contribution >= 4 is 0 Å². The van der Waals surface area contributed by atoms with E-state index in [1.165, 1.54) is 141 Å². The Hall–Kier alpha value is -0.780. The van der Waals surface area contributed by atoms with Crippen LogP contribution in [0.15, 0.2) is 36.5 Å². The molecule has 0 heteroatoms. The molecule has 0 saturated carbocycles. The predicted molar refractivity (Wildman–Crippen MR) is 145 cm³/mol. The zero-order valence-corrected chi connectivity index (χ0v) is 21.6. The third-order valence-corrected chi connectivity index (χ3v) is 6.01. The van der Waals surface area contributed by atoms with Crippen molar-refractivity contribution in [1.82, 2.24) is 0 Å². The van der Waals surface area contributed by atoms with E-state index >= 15 is 0 Å². The zero-order valence-electron chi connectivity index (χ0n) is 21.6. The lowest BCUT2D eigenvalue weighted by Crippen LogP contribution is -1.80. The molecule has 0 nitrogen and oxygen atoms in total. The molecule has 0 amide bonds. The van der Waals surface area contributed by atoms with E-state index in [4.69, 9.17) is 0 Å². The van der Waals surface area contributed by atoms with Gasteiger partial charge in [-0.2, -0.15) is 0 Å². The summed E-state index contributed by atoms with van der Waals surface area (Å²) in [4.78, 5) is 0. The third-order valence-electron chi connectivity index (χ3n) is 6.01. The molecule has 0 unspecified atom stereocenters. The largest absolute Gasteiger partial charge is 0.0885 e. The van der Waals surface area contributed by atoms with Crippen molar-refractivity contribution in [3.05, 3.63) is 42.9 Å². The first-order valence-electron chi connectivity index (χ1n) is 14.2. The highest BCUT2D eigenvalue weighted by atomic mass is 14.0. The second-order valence-corrected chi connectivity index (χ2v) is 9.25. The van der Waals surface area contributed by atoms with E-state index in [0.29, 0.717) is 0 Å². The highest BCUT2D eigenvalue weighted by Crippen LogP contribution is 2.11. The molecule has 0 aromatic carbocycles. The van der Waals surface area contributed by atoms with E-state index in [-0.39, 0.29) is 0 Å². The molecule has 0 rings (SSSR count). The maximum absolute atomic E-state index is 2.50. The smallest absolute Gasteiger partial charge is 0.0348 e. The second-order valence-electron chi connectivity index (χ2n) is 9.25. The summed E-state index contributed by atoms with van der Waals surface area (Å²) >= 11 is 0. The van der Waals surface area contributed by atoms with E-state index < -0.39 is 0 Å². The van der Waals surface area contributed by atoms with Gasteiger partial charge in [-0.1, -0.05) is 115 Å². The van der Waals surface area contributed by atoms with Gasteiger partial charge in [-0.05, 0) is 83.5 Å². The zero-order chi connectivity index (χ0) is 22.5. The molecule has 0 aromatic heterocycles. The van der Waals surface area contributed by atoms with Crippen molar-refractivity contribution < 1.29 is 0 Å². The quantitative estimate of drug-likeness (QED) is 0.0999. The minimum atomic E-state index is 1.24. The minimum Gasteiger partial charge on any atom is -0.0885 e. The summed E-state index contributed by atoms with van der Waals surface area (Å²) in [5, 5.41) is 0. The van der Waals surface area contributed by atoms with Crippen molar-refractivity contribution in [2.24, 2.45) is 0 Å². The van der Waals surface area contributed by atoms with Gasteiger partial charge in [-0.3, -0.25) is 0 Å². The lowest BCUT2D eigenvalue weighted by Gasteiger charge is -2.00. The Labute approximate surface area is 198 Å². The topological polar surface area (TPSA) is 0 Å². The van der Waals surface area contributed by atoms with Crippen molar-refractivity contribution in [3.63, 3.8) is 0 Å². The molecule has 181 valence electrons. The first kappa shape index (κ1) is 30.2. The van der Waals surface area contributed by atoms with Crippen LogP contribution in [0.4, 0.5) is 0 Å². The Bertz CT molecular complexity index is 387. The van der Waals surface area contributed by atoms with Crippen LogP contribution in [0.3, 0.4) is 0 Å². The summed E-state index contributed by atoms with van der Waals surface area (Å²) < 4.78 is 0.